The molecule has 6 rings (SSSR count). The van der Waals surface area contributed by atoms with Gasteiger partial charge in [0.2, 0.25) is 5.91 Å². The van der Waals surface area contributed by atoms with Gasteiger partial charge in [-0.1, -0.05) is 48.6 Å². The van der Waals surface area contributed by atoms with E-state index in [0.29, 0.717) is 5.69 Å². The van der Waals surface area contributed by atoms with Crippen LogP contribution in [0.5, 0.6) is 0 Å². The molecule has 1 unspecified atom stereocenters. The van der Waals surface area contributed by atoms with Crippen molar-refractivity contribution in [2.75, 3.05) is 31.2 Å². The third kappa shape index (κ3) is 3.03. The number of likely N-dealkylation sites (tertiary alicyclic amines) is 1. The van der Waals surface area contributed by atoms with Crippen LogP contribution in [0.1, 0.15) is 6.92 Å². The van der Waals surface area contributed by atoms with Crippen molar-refractivity contribution in [2.24, 2.45) is 11.8 Å². The molecule has 35 heavy (non-hydrogen) atoms. The Hall–Kier alpha value is -3.49. The van der Waals surface area contributed by atoms with Crippen molar-refractivity contribution in [1.82, 2.24) is 4.90 Å². The number of anilines is 1. The minimum absolute atomic E-state index is 0.0371. The number of carbonyl (C=O) groups is 3. The van der Waals surface area contributed by atoms with Crippen molar-refractivity contribution >= 4 is 34.2 Å². The Bertz CT molecular complexity index is 1300. The molecule has 8 heteroatoms. The average molecular weight is 475 g/mol. The summed E-state index contributed by atoms with van der Waals surface area (Å²) < 4.78 is 12.0. The van der Waals surface area contributed by atoms with Gasteiger partial charge in [0.15, 0.2) is 0 Å². The second-order valence-electron chi connectivity index (χ2n) is 9.67. The lowest BCUT2D eigenvalue weighted by Gasteiger charge is -2.37. The van der Waals surface area contributed by atoms with Crippen molar-refractivity contribution < 1.29 is 29.0 Å². The summed E-state index contributed by atoms with van der Waals surface area (Å²) in [6, 6.07) is 12.7. The highest BCUT2D eigenvalue weighted by Crippen LogP contribution is 2.57. The van der Waals surface area contributed by atoms with E-state index in [9.17, 15) is 19.5 Å². The van der Waals surface area contributed by atoms with Gasteiger partial charge in [0.05, 0.1) is 18.1 Å². The monoisotopic (exact) mass is 474 g/mol. The standard InChI is InChI=1S/C27H26N2O6/c1-26-10-5-15-34-25(33)21(26)20-23(31)29(13-14-30)22-24(32)28(12-4-11-27(20,22)35-26)19-9-8-17-6-2-3-7-18(17)16-19/h2-11,16,20-22,30H,12-15H2,1H3/t20-,21+,22?,26-,27-/m0/s1. The molecule has 2 aromatic carbocycles. The van der Waals surface area contributed by atoms with Crippen LogP contribution in [0, 0.1) is 11.8 Å². The highest BCUT2D eigenvalue weighted by atomic mass is 16.6. The molecule has 1 N–H and O–H groups in total. The van der Waals surface area contributed by atoms with Gasteiger partial charge < -0.3 is 24.4 Å². The largest absolute Gasteiger partial charge is 0.461 e. The second-order valence-corrected chi connectivity index (χ2v) is 9.67. The smallest absolute Gasteiger partial charge is 0.313 e. The summed E-state index contributed by atoms with van der Waals surface area (Å²) in [5.74, 6) is -3.05. The maximum atomic E-state index is 14.2. The Morgan fingerprint density at radius 1 is 1.00 bits per heavy atom. The molecule has 0 aromatic heterocycles. The van der Waals surface area contributed by atoms with Crippen LogP contribution in [0.2, 0.25) is 0 Å². The number of carbonyl (C=O) groups excluding carboxylic acids is 3. The normalized spacial score (nSPS) is 33.9. The number of nitrogens with zero attached hydrogens (tertiary/aromatic N) is 2. The second kappa shape index (κ2) is 7.76. The van der Waals surface area contributed by atoms with Crippen LogP contribution in [-0.4, -0.2) is 71.3 Å². The average Bonchev–Trinajstić information content (AvgIpc) is 3.09. The van der Waals surface area contributed by atoms with E-state index in [0.717, 1.165) is 10.8 Å². The molecular weight excluding hydrogens is 448 g/mol. The first kappa shape index (κ1) is 22.0. The molecular formula is C27H26N2O6. The molecule has 2 fully saturated rings. The number of aliphatic hydroxyl groups is 1. The number of amides is 2. The highest BCUT2D eigenvalue weighted by molar-refractivity contribution is 6.06. The lowest BCUT2D eigenvalue weighted by atomic mass is 9.75. The summed E-state index contributed by atoms with van der Waals surface area (Å²) in [7, 11) is 0. The Kier molecular flexibility index (Phi) is 4.88. The van der Waals surface area contributed by atoms with Gasteiger partial charge in [-0.2, -0.15) is 0 Å². The third-order valence-electron chi connectivity index (χ3n) is 7.70. The Balaban J connectivity index is 1.48. The van der Waals surface area contributed by atoms with Gasteiger partial charge in [-0.05, 0) is 35.9 Å². The zero-order valence-electron chi connectivity index (χ0n) is 19.3. The lowest BCUT2D eigenvalue weighted by Crippen LogP contribution is -2.56. The number of rotatable bonds is 3. The van der Waals surface area contributed by atoms with Crippen LogP contribution in [0.3, 0.4) is 0 Å². The van der Waals surface area contributed by atoms with Gasteiger partial charge >= 0.3 is 5.97 Å². The maximum absolute atomic E-state index is 14.2. The topological polar surface area (TPSA) is 96.4 Å². The van der Waals surface area contributed by atoms with Crippen LogP contribution >= 0.6 is 0 Å². The first-order valence-electron chi connectivity index (χ1n) is 11.8. The fourth-order valence-corrected chi connectivity index (χ4v) is 6.28. The number of esters is 1. The summed E-state index contributed by atoms with van der Waals surface area (Å²) in [6.07, 6.45) is 7.09. The molecule has 5 atom stereocenters. The molecule has 0 saturated carbocycles. The quantitative estimate of drug-likeness (QED) is 0.539. The molecule has 1 spiro atoms. The molecule has 180 valence electrons. The van der Waals surface area contributed by atoms with E-state index in [2.05, 4.69) is 0 Å². The van der Waals surface area contributed by atoms with Crippen molar-refractivity contribution in [2.45, 2.75) is 24.2 Å². The number of aliphatic hydroxyl groups excluding tert-OH is 1. The van der Waals surface area contributed by atoms with Gasteiger partial charge in [-0.25, -0.2) is 0 Å². The summed E-state index contributed by atoms with van der Waals surface area (Å²) >= 11 is 0. The number of hydrogen-bond acceptors (Lipinski definition) is 6. The van der Waals surface area contributed by atoms with Gasteiger partial charge in [0, 0.05) is 18.8 Å². The first-order chi connectivity index (χ1) is 16.9. The predicted molar refractivity (Wildman–Crippen MR) is 127 cm³/mol. The van der Waals surface area contributed by atoms with E-state index in [1.54, 1.807) is 30.1 Å². The SMILES string of the molecule is C[C@]12C=CCOC(=O)[C@H]1[C@H]1C(=O)N(CCO)C3C(=O)N(c4ccc5ccccc5c4)CC=C[C@@]31O2. The van der Waals surface area contributed by atoms with E-state index >= 15 is 0 Å². The van der Waals surface area contributed by atoms with Gasteiger partial charge in [0.1, 0.15) is 24.2 Å². The van der Waals surface area contributed by atoms with Crippen LogP contribution in [-0.2, 0) is 23.9 Å². The van der Waals surface area contributed by atoms with Crippen LogP contribution in [0.25, 0.3) is 10.8 Å². The summed E-state index contributed by atoms with van der Waals surface area (Å²) in [6.45, 7) is 1.80. The molecule has 0 radical (unpaired) electrons. The summed E-state index contributed by atoms with van der Waals surface area (Å²) in [4.78, 5) is 44.0. The van der Waals surface area contributed by atoms with Crippen LogP contribution < -0.4 is 4.90 Å². The van der Waals surface area contributed by atoms with E-state index in [4.69, 9.17) is 9.47 Å². The van der Waals surface area contributed by atoms with Gasteiger partial charge in [0.25, 0.3) is 5.91 Å². The number of β-amino-alcohol motifs (C(OH)–C–C–N with tert-alkyl or cyclic N) is 1. The van der Waals surface area contributed by atoms with Gasteiger partial charge in [-0.15, -0.1) is 0 Å². The Morgan fingerprint density at radius 2 is 1.80 bits per heavy atom. The summed E-state index contributed by atoms with van der Waals surface area (Å²) in [5, 5.41) is 11.8. The van der Waals surface area contributed by atoms with E-state index in [-0.39, 0.29) is 38.1 Å². The molecule has 0 aliphatic carbocycles. The highest BCUT2D eigenvalue weighted by Gasteiger charge is 2.74. The fourth-order valence-electron chi connectivity index (χ4n) is 6.28. The molecule has 2 aromatic rings. The van der Waals surface area contributed by atoms with E-state index < -0.39 is 35.0 Å². The van der Waals surface area contributed by atoms with Crippen molar-refractivity contribution in [3.63, 3.8) is 0 Å². The first-order valence-corrected chi connectivity index (χ1v) is 11.8. The number of ether oxygens (including phenoxy) is 2. The minimum atomic E-state index is -1.35. The molecule has 2 saturated heterocycles. The Morgan fingerprint density at radius 3 is 2.60 bits per heavy atom. The van der Waals surface area contributed by atoms with E-state index in [1.807, 2.05) is 48.5 Å². The molecule has 0 bridgehead atoms. The van der Waals surface area contributed by atoms with Crippen molar-refractivity contribution in [3.05, 3.63) is 66.8 Å². The number of hydrogen-bond donors (Lipinski definition) is 1. The molecule has 2 amide bonds. The van der Waals surface area contributed by atoms with Crippen LogP contribution in [0.15, 0.2) is 66.8 Å². The number of fused-ring (bicyclic) bond motifs is 3. The summed E-state index contributed by atoms with van der Waals surface area (Å²) in [5.41, 5.74) is -1.75. The fraction of sp³-hybridized carbons (Fsp3) is 0.370. The number of cyclic esters (lactones) is 1. The Labute approximate surface area is 202 Å². The van der Waals surface area contributed by atoms with Crippen LogP contribution in [0.4, 0.5) is 5.69 Å². The lowest BCUT2D eigenvalue weighted by molar-refractivity contribution is -0.156. The van der Waals surface area contributed by atoms with E-state index in [1.165, 1.54) is 4.90 Å². The molecule has 8 nitrogen and oxygen atoms in total. The van der Waals surface area contributed by atoms with Crippen molar-refractivity contribution in [1.29, 1.82) is 0 Å². The molecule has 4 aliphatic rings. The zero-order chi connectivity index (χ0) is 24.4. The minimum Gasteiger partial charge on any atom is -0.461 e. The number of benzene rings is 2. The third-order valence-corrected chi connectivity index (χ3v) is 7.70. The van der Waals surface area contributed by atoms with Crippen molar-refractivity contribution in [3.8, 4) is 0 Å². The zero-order valence-corrected chi connectivity index (χ0v) is 19.3. The van der Waals surface area contributed by atoms with Gasteiger partial charge in [-0.3, -0.25) is 14.4 Å². The maximum Gasteiger partial charge on any atom is 0.313 e. The predicted octanol–water partition coefficient (Wildman–Crippen LogP) is 1.82. The molecule has 4 heterocycles. The molecule has 4 aliphatic heterocycles.